The molecule has 1 rings (SSSR count). The Morgan fingerprint density at radius 3 is 3.00 bits per heavy atom. The van der Waals surface area contributed by atoms with E-state index in [0.29, 0.717) is 25.3 Å². The van der Waals surface area contributed by atoms with Crippen molar-refractivity contribution in [1.82, 2.24) is 0 Å². The Morgan fingerprint density at radius 1 is 1.47 bits per heavy atom. The lowest BCUT2D eigenvalue weighted by atomic mass is 10.1. The third-order valence-electron chi connectivity index (χ3n) is 2.32. The van der Waals surface area contributed by atoms with Gasteiger partial charge < -0.3 is 10.1 Å². The van der Waals surface area contributed by atoms with Gasteiger partial charge in [-0.25, -0.2) is 0 Å². The molecule has 0 atom stereocenters. The highest BCUT2D eigenvalue weighted by molar-refractivity contribution is 5.58. The minimum absolute atomic E-state index is 0.632. The molecule has 0 fully saturated rings. The highest BCUT2D eigenvalue weighted by Gasteiger charge is 2.00. The number of aryl methyl sites for hydroxylation is 1. The molecule has 0 aliphatic heterocycles. The summed E-state index contributed by atoms with van der Waals surface area (Å²) in [5.41, 5.74) is 2.64. The molecule has 0 radical (unpaired) electrons. The van der Waals surface area contributed by atoms with Crippen molar-refractivity contribution in [3.63, 3.8) is 0 Å². The molecule has 1 aromatic carbocycles. The summed E-state index contributed by atoms with van der Waals surface area (Å²) in [6, 6.07) is 7.97. The van der Waals surface area contributed by atoms with Gasteiger partial charge in [0.15, 0.2) is 0 Å². The standard InChI is InChI=1S/C14H18N2O/c1-3-4-8-17-9-7-16-14-6-5-12(2)10-13(14)11-15/h3,5-6,10,16H,1,4,7-9H2,2H3. The molecule has 0 spiro atoms. The molecule has 0 aromatic heterocycles. The van der Waals surface area contributed by atoms with Gasteiger partial charge >= 0.3 is 0 Å². The van der Waals surface area contributed by atoms with Crippen molar-refractivity contribution >= 4 is 5.69 Å². The first-order valence-electron chi connectivity index (χ1n) is 5.71. The molecule has 0 saturated heterocycles. The Bertz CT molecular complexity index is 407. The number of ether oxygens (including phenoxy) is 1. The minimum Gasteiger partial charge on any atom is -0.382 e. The minimum atomic E-state index is 0.632. The molecule has 0 unspecified atom stereocenters. The summed E-state index contributed by atoms with van der Waals surface area (Å²) in [4.78, 5) is 0. The Hall–Kier alpha value is -1.79. The maximum Gasteiger partial charge on any atom is 0.101 e. The van der Waals surface area contributed by atoms with Crippen molar-refractivity contribution in [2.75, 3.05) is 25.1 Å². The summed E-state index contributed by atoms with van der Waals surface area (Å²) in [7, 11) is 0. The lowest BCUT2D eigenvalue weighted by molar-refractivity contribution is 0.149. The second kappa shape index (κ2) is 7.48. The predicted molar refractivity (Wildman–Crippen MR) is 70.0 cm³/mol. The molecule has 1 N–H and O–H groups in total. The summed E-state index contributed by atoms with van der Waals surface area (Å²) >= 11 is 0. The van der Waals surface area contributed by atoms with Gasteiger partial charge in [0, 0.05) is 6.54 Å². The summed E-state index contributed by atoms with van der Waals surface area (Å²) < 4.78 is 5.38. The van der Waals surface area contributed by atoms with E-state index in [0.717, 1.165) is 17.7 Å². The average Bonchev–Trinajstić information content (AvgIpc) is 2.35. The highest BCUT2D eigenvalue weighted by Crippen LogP contribution is 2.15. The van der Waals surface area contributed by atoms with Gasteiger partial charge in [-0.15, -0.1) is 6.58 Å². The number of benzene rings is 1. The average molecular weight is 230 g/mol. The molecule has 3 heteroatoms. The van der Waals surface area contributed by atoms with Crippen LogP contribution in [0, 0.1) is 18.3 Å². The third-order valence-corrected chi connectivity index (χ3v) is 2.32. The highest BCUT2D eigenvalue weighted by atomic mass is 16.5. The fourth-order valence-electron chi connectivity index (χ4n) is 1.43. The quantitative estimate of drug-likeness (QED) is 0.578. The van der Waals surface area contributed by atoms with E-state index >= 15 is 0 Å². The fraction of sp³-hybridized carbons (Fsp3) is 0.357. The van der Waals surface area contributed by atoms with Crippen LogP contribution in [0.3, 0.4) is 0 Å². The summed E-state index contributed by atoms with van der Waals surface area (Å²) in [5.74, 6) is 0. The van der Waals surface area contributed by atoms with E-state index in [1.807, 2.05) is 31.2 Å². The zero-order valence-electron chi connectivity index (χ0n) is 10.2. The molecule has 0 bridgehead atoms. The van der Waals surface area contributed by atoms with Gasteiger partial charge in [-0.05, 0) is 31.0 Å². The van der Waals surface area contributed by atoms with Gasteiger partial charge in [-0.1, -0.05) is 12.1 Å². The molecule has 0 heterocycles. The van der Waals surface area contributed by atoms with E-state index < -0.39 is 0 Å². The number of anilines is 1. The second-order valence-corrected chi connectivity index (χ2v) is 3.78. The number of hydrogen-bond acceptors (Lipinski definition) is 3. The number of nitrogens with zero attached hydrogens (tertiary/aromatic N) is 1. The van der Waals surface area contributed by atoms with Gasteiger partial charge in [0.25, 0.3) is 0 Å². The first-order chi connectivity index (χ1) is 8.27. The molecule has 0 aliphatic rings. The molecule has 3 nitrogen and oxygen atoms in total. The number of nitriles is 1. The van der Waals surface area contributed by atoms with Crippen LogP contribution in [-0.4, -0.2) is 19.8 Å². The molecule has 90 valence electrons. The van der Waals surface area contributed by atoms with Gasteiger partial charge in [0.1, 0.15) is 6.07 Å². The molecule has 0 aliphatic carbocycles. The maximum atomic E-state index is 8.98. The molecular formula is C14H18N2O. The normalized spacial score (nSPS) is 9.65. The van der Waals surface area contributed by atoms with E-state index in [1.165, 1.54) is 0 Å². The van der Waals surface area contributed by atoms with Gasteiger partial charge in [-0.2, -0.15) is 5.26 Å². The lowest BCUT2D eigenvalue weighted by Gasteiger charge is -2.09. The van der Waals surface area contributed by atoms with Crippen molar-refractivity contribution in [1.29, 1.82) is 5.26 Å². The van der Waals surface area contributed by atoms with Crippen molar-refractivity contribution in [2.24, 2.45) is 0 Å². The Morgan fingerprint density at radius 2 is 2.29 bits per heavy atom. The fourth-order valence-corrected chi connectivity index (χ4v) is 1.43. The van der Waals surface area contributed by atoms with E-state index in [-0.39, 0.29) is 0 Å². The van der Waals surface area contributed by atoms with E-state index in [1.54, 1.807) is 0 Å². The molecule has 17 heavy (non-hydrogen) atoms. The smallest absolute Gasteiger partial charge is 0.101 e. The molecular weight excluding hydrogens is 212 g/mol. The first kappa shape index (κ1) is 13.3. The van der Waals surface area contributed by atoms with E-state index in [2.05, 4.69) is 18.0 Å². The number of rotatable bonds is 7. The topological polar surface area (TPSA) is 45.0 Å². The van der Waals surface area contributed by atoms with Crippen LogP contribution in [-0.2, 0) is 4.74 Å². The molecule has 0 saturated carbocycles. The monoisotopic (exact) mass is 230 g/mol. The van der Waals surface area contributed by atoms with Crippen LogP contribution in [0.5, 0.6) is 0 Å². The first-order valence-corrected chi connectivity index (χ1v) is 5.71. The van der Waals surface area contributed by atoms with Gasteiger partial charge in [-0.3, -0.25) is 0 Å². The van der Waals surface area contributed by atoms with Crippen molar-refractivity contribution in [3.05, 3.63) is 42.0 Å². The Kier molecular flexibility index (Phi) is 5.84. The Labute approximate surface area is 103 Å². The van der Waals surface area contributed by atoms with Crippen LogP contribution >= 0.6 is 0 Å². The van der Waals surface area contributed by atoms with Gasteiger partial charge in [0.2, 0.25) is 0 Å². The zero-order valence-corrected chi connectivity index (χ0v) is 10.2. The van der Waals surface area contributed by atoms with E-state index in [4.69, 9.17) is 10.00 Å². The van der Waals surface area contributed by atoms with Crippen molar-refractivity contribution in [2.45, 2.75) is 13.3 Å². The molecule has 0 amide bonds. The van der Waals surface area contributed by atoms with Crippen molar-refractivity contribution < 1.29 is 4.74 Å². The van der Waals surface area contributed by atoms with Crippen LogP contribution in [0.2, 0.25) is 0 Å². The maximum absolute atomic E-state index is 8.98. The van der Waals surface area contributed by atoms with Crippen LogP contribution in [0.4, 0.5) is 5.69 Å². The van der Waals surface area contributed by atoms with Crippen LogP contribution in [0.15, 0.2) is 30.9 Å². The lowest BCUT2D eigenvalue weighted by Crippen LogP contribution is -2.10. The summed E-state index contributed by atoms with van der Waals surface area (Å²) in [6.07, 6.45) is 2.70. The molecule has 1 aromatic rings. The number of hydrogen-bond donors (Lipinski definition) is 1. The summed E-state index contributed by atoms with van der Waals surface area (Å²) in [5, 5.41) is 12.2. The third kappa shape index (κ3) is 4.71. The van der Waals surface area contributed by atoms with Crippen molar-refractivity contribution in [3.8, 4) is 6.07 Å². The van der Waals surface area contributed by atoms with E-state index in [9.17, 15) is 0 Å². The Balaban J connectivity index is 2.36. The summed E-state index contributed by atoms with van der Waals surface area (Å²) in [6.45, 7) is 7.63. The van der Waals surface area contributed by atoms with Crippen LogP contribution < -0.4 is 5.32 Å². The van der Waals surface area contributed by atoms with Crippen LogP contribution in [0.25, 0.3) is 0 Å². The second-order valence-electron chi connectivity index (χ2n) is 3.78. The largest absolute Gasteiger partial charge is 0.382 e. The zero-order chi connectivity index (χ0) is 12.5. The van der Waals surface area contributed by atoms with Crippen LogP contribution in [0.1, 0.15) is 17.5 Å². The SMILES string of the molecule is C=CCCOCCNc1ccc(C)cc1C#N. The van der Waals surface area contributed by atoms with Gasteiger partial charge in [0.05, 0.1) is 24.5 Å². The predicted octanol–water partition coefficient (Wildman–Crippen LogP) is 2.87. The number of nitrogens with one attached hydrogen (secondary N) is 1.